The van der Waals surface area contributed by atoms with E-state index in [-0.39, 0.29) is 12.1 Å². The fourth-order valence-corrected chi connectivity index (χ4v) is 1.30. The van der Waals surface area contributed by atoms with Gasteiger partial charge in [0.2, 0.25) is 0 Å². The van der Waals surface area contributed by atoms with Crippen LogP contribution in [0.25, 0.3) is 0 Å². The second-order valence-corrected chi connectivity index (χ2v) is 3.42. The number of carbonyl (C=O) groups excluding carboxylic acids is 1. The fourth-order valence-electron chi connectivity index (χ4n) is 1.30. The first kappa shape index (κ1) is 11.7. The smallest absolute Gasteiger partial charge is 0.310 e. The molecule has 1 rings (SSSR count). The van der Waals surface area contributed by atoms with E-state index in [2.05, 4.69) is 0 Å². The van der Waals surface area contributed by atoms with E-state index in [9.17, 15) is 4.79 Å². The van der Waals surface area contributed by atoms with Gasteiger partial charge in [0.05, 0.1) is 13.0 Å². The molecule has 0 N–H and O–H groups in total. The van der Waals surface area contributed by atoms with Crippen LogP contribution in [0.15, 0.2) is 30.3 Å². The summed E-state index contributed by atoms with van der Waals surface area (Å²) in [6.07, 6.45) is 0.126. The standard InChI is InChI=1S/C12H16O3/c1-10(9-14-2)15-12(13)8-11-6-4-3-5-7-11/h3-7,10H,8-9H2,1-2H3/t10-/m0/s1. The fraction of sp³-hybridized carbons (Fsp3) is 0.417. The van der Waals surface area contributed by atoms with Crippen LogP contribution in [0.4, 0.5) is 0 Å². The van der Waals surface area contributed by atoms with E-state index in [1.165, 1.54) is 0 Å². The average Bonchev–Trinajstić information content (AvgIpc) is 2.19. The van der Waals surface area contributed by atoms with Crippen LogP contribution in [-0.2, 0) is 20.7 Å². The molecule has 82 valence electrons. The first-order chi connectivity index (χ1) is 7.22. The van der Waals surface area contributed by atoms with Crippen molar-refractivity contribution in [2.75, 3.05) is 13.7 Å². The molecule has 0 saturated carbocycles. The van der Waals surface area contributed by atoms with Crippen molar-refractivity contribution < 1.29 is 14.3 Å². The number of carbonyl (C=O) groups is 1. The molecule has 0 aromatic heterocycles. The first-order valence-corrected chi connectivity index (χ1v) is 4.94. The van der Waals surface area contributed by atoms with Gasteiger partial charge in [0.1, 0.15) is 6.10 Å². The Hall–Kier alpha value is -1.35. The predicted molar refractivity (Wildman–Crippen MR) is 57.6 cm³/mol. The highest BCUT2D eigenvalue weighted by Gasteiger charge is 2.09. The molecule has 0 aliphatic carbocycles. The SMILES string of the molecule is COC[C@H](C)OC(=O)Cc1ccccc1. The van der Waals surface area contributed by atoms with Crippen LogP contribution in [-0.4, -0.2) is 25.8 Å². The largest absolute Gasteiger partial charge is 0.460 e. The number of benzene rings is 1. The Morgan fingerprint density at radius 2 is 2.00 bits per heavy atom. The van der Waals surface area contributed by atoms with Crippen LogP contribution >= 0.6 is 0 Å². The Bertz CT molecular complexity index is 295. The summed E-state index contributed by atoms with van der Waals surface area (Å²) in [5, 5.41) is 0. The van der Waals surface area contributed by atoms with Crippen molar-refractivity contribution in [2.24, 2.45) is 0 Å². The van der Waals surface area contributed by atoms with E-state index in [1.54, 1.807) is 7.11 Å². The Kier molecular flexibility index (Phi) is 4.84. The zero-order valence-electron chi connectivity index (χ0n) is 9.10. The lowest BCUT2D eigenvalue weighted by Gasteiger charge is -2.11. The van der Waals surface area contributed by atoms with Gasteiger partial charge in [0.25, 0.3) is 0 Å². The van der Waals surface area contributed by atoms with E-state index in [0.29, 0.717) is 13.0 Å². The van der Waals surface area contributed by atoms with Crippen molar-refractivity contribution in [3.05, 3.63) is 35.9 Å². The summed E-state index contributed by atoms with van der Waals surface area (Å²) in [6, 6.07) is 9.54. The number of hydrogen-bond donors (Lipinski definition) is 0. The lowest BCUT2D eigenvalue weighted by molar-refractivity contribution is -0.149. The highest BCUT2D eigenvalue weighted by Crippen LogP contribution is 2.02. The van der Waals surface area contributed by atoms with Crippen molar-refractivity contribution in [1.29, 1.82) is 0 Å². The molecule has 0 fully saturated rings. The van der Waals surface area contributed by atoms with E-state index >= 15 is 0 Å². The van der Waals surface area contributed by atoms with Crippen molar-refractivity contribution >= 4 is 5.97 Å². The van der Waals surface area contributed by atoms with Crippen LogP contribution in [0.3, 0.4) is 0 Å². The highest BCUT2D eigenvalue weighted by molar-refractivity contribution is 5.72. The maximum atomic E-state index is 11.4. The number of methoxy groups -OCH3 is 1. The molecule has 0 aliphatic heterocycles. The Morgan fingerprint density at radius 3 is 2.60 bits per heavy atom. The Morgan fingerprint density at radius 1 is 1.33 bits per heavy atom. The molecule has 3 heteroatoms. The van der Waals surface area contributed by atoms with Crippen molar-refractivity contribution in [3.8, 4) is 0 Å². The molecule has 0 amide bonds. The third-order valence-corrected chi connectivity index (χ3v) is 1.93. The van der Waals surface area contributed by atoms with Gasteiger partial charge in [0, 0.05) is 7.11 Å². The summed E-state index contributed by atoms with van der Waals surface area (Å²) in [6.45, 7) is 2.24. The summed E-state index contributed by atoms with van der Waals surface area (Å²) in [5.74, 6) is -0.217. The van der Waals surface area contributed by atoms with E-state index < -0.39 is 0 Å². The van der Waals surface area contributed by atoms with Crippen LogP contribution < -0.4 is 0 Å². The maximum absolute atomic E-state index is 11.4. The quantitative estimate of drug-likeness (QED) is 0.692. The molecule has 0 heterocycles. The molecule has 0 bridgehead atoms. The van der Waals surface area contributed by atoms with E-state index in [0.717, 1.165) is 5.56 Å². The molecular formula is C12H16O3. The molecule has 1 aromatic carbocycles. The molecular weight excluding hydrogens is 192 g/mol. The summed E-state index contributed by atoms with van der Waals surface area (Å²) in [4.78, 5) is 11.4. The molecule has 0 unspecified atom stereocenters. The van der Waals surface area contributed by atoms with Gasteiger partial charge in [-0.25, -0.2) is 0 Å². The van der Waals surface area contributed by atoms with Gasteiger partial charge in [0.15, 0.2) is 0 Å². The molecule has 0 saturated heterocycles. The van der Waals surface area contributed by atoms with E-state index in [4.69, 9.17) is 9.47 Å². The van der Waals surface area contributed by atoms with Gasteiger partial charge in [-0.1, -0.05) is 30.3 Å². The molecule has 1 atom stereocenters. The first-order valence-electron chi connectivity index (χ1n) is 4.94. The average molecular weight is 208 g/mol. The second-order valence-electron chi connectivity index (χ2n) is 3.42. The van der Waals surface area contributed by atoms with Gasteiger partial charge < -0.3 is 9.47 Å². The van der Waals surface area contributed by atoms with Crippen molar-refractivity contribution in [3.63, 3.8) is 0 Å². The summed E-state index contributed by atoms with van der Waals surface area (Å²) in [7, 11) is 1.58. The molecule has 1 aromatic rings. The second kappa shape index (κ2) is 6.19. The van der Waals surface area contributed by atoms with Crippen LogP contribution in [0.2, 0.25) is 0 Å². The number of ether oxygens (including phenoxy) is 2. The maximum Gasteiger partial charge on any atom is 0.310 e. The molecule has 0 radical (unpaired) electrons. The third-order valence-electron chi connectivity index (χ3n) is 1.93. The molecule has 0 spiro atoms. The lowest BCUT2D eigenvalue weighted by Crippen LogP contribution is -2.20. The summed E-state index contributed by atoms with van der Waals surface area (Å²) >= 11 is 0. The molecule has 15 heavy (non-hydrogen) atoms. The number of esters is 1. The van der Waals surface area contributed by atoms with Crippen LogP contribution in [0.5, 0.6) is 0 Å². The summed E-state index contributed by atoms with van der Waals surface area (Å²) in [5.41, 5.74) is 0.965. The monoisotopic (exact) mass is 208 g/mol. The van der Waals surface area contributed by atoms with Crippen LogP contribution in [0, 0.1) is 0 Å². The third kappa shape index (κ3) is 4.61. The number of rotatable bonds is 5. The van der Waals surface area contributed by atoms with Gasteiger partial charge >= 0.3 is 5.97 Å². The minimum atomic E-state index is -0.217. The zero-order valence-corrected chi connectivity index (χ0v) is 9.10. The Labute approximate surface area is 90.0 Å². The van der Waals surface area contributed by atoms with Crippen molar-refractivity contribution in [1.82, 2.24) is 0 Å². The topological polar surface area (TPSA) is 35.5 Å². The zero-order chi connectivity index (χ0) is 11.1. The lowest BCUT2D eigenvalue weighted by atomic mass is 10.2. The normalized spacial score (nSPS) is 12.1. The van der Waals surface area contributed by atoms with Gasteiger partial charge in [-0.05, 0) is 12.5 Å². The summed E-state index contributed by atoms with van der Waals surface area (Å²) < 4.78 is 10.0. The highest BCUT2D eigenvalue weighted by atomic mass is 16.6. The van der Waals surface area contributed by atoms with Gasteiger partial charge in [-0.15, -0.1) is 0 Å². The van der Waals surface area contributed by atoms with Gasteiger partial charge in [-0.3, -0.25) is 4.79 Å². The van der Waals surface area contributed by atoms with Crippen LogP contribution in [0.1, 0.15) is 12.5 Å². The van der Waals surface area contributed by atoms with E-state index in [1.807, 2.05) is 37.3 Å². The Balaban J connectivity index is 2.36. The predicted octanol–water partition coefficient (Wildman–Crippen LogP) is 1.81. The number of hydrogen-bond acceptors (Lipinski definition) is 3. The van der Waals surface area contributed by atoms with Crippen molar-refractivity contribution in [2.45, 2.75) is 19.4 Å². The van der Waals surface area contributed by atoms with Gasteiger partial charge in [-0.2, -0.15) is 0 Å². The minimum Gasteiger partial charge on any atom is -0.460 e. The molecule has 0 aliphatic rings. The minimum absolute atomic E-state index is 0.189. The molecule has 3 nitrogen and oxygen atoms in total.